The number of hydrogen-bond donors (Lipinski definition) is 3. The summed E-state index contributed by atoms with van der Waals surface area (Å²) in [5, 5.41) is 5.07. The molecule has 0 aliphatic carbocycles. The lowest BCUT2D eigenvalue weighted by Gasteiger charge is -2.38. The van der Waals surface area contributed by atoms with E-state index in [9.17, 15) is 22.8 Å². The van der Waals surface area contributed by atoms with Gasteiger partial charge in [0.1, 0.15) is 5.75 Å². The van der Waals surface area contributed by atoms with Gasteiger partial charge in [0.05, 0.1) is 42.5 Å². The molecule has 3 aromatic rings. The third-order valence-corrected chi connectivity index (χ3v) is 5.74. The fraction of sp³-hybridized carbons (Fsp3) is 0.346. The largest absolute Gasteiger partial charge is 0.488 e. The van der Waals surface area contributed by atoms with Crippen LogP contribution < -0.4 is 25.7 Å². The fourth-order valence-corrected chi connectivity index (χ4v) is 3.84. The second-order valence-corrected chi connectivity index (χ2v) is 8.89. The molecule has 3 N–H and O–H groups in total. The summed E-state index contributed by atoms with van der Waals surface area (Å²) in [7, 11) is 0. The quantitative estimate of drug-likeness (QED) is 0.366. The molecule has 9 nitrogen and oxygen atoms in total. The minimum absolute atomic E-state index is 0.0588. The first-order chi connectivity index (χ1) is 18.0. The van der Waals surface area contributed by atoms with Gasteiger partial charge in [0.2, 0.25) is 0 Å². The molecule has 0 radical (unpaired) electrons. The number of amides is 2. The Hall–Kier alpha value is -4.06. The van der Waals surface area contributed by atoms with Crippen LogP contribution in [-0.4, -0.2) is 41.4 Å². The highest BCUT2D eigenvalue weighted by molar-refractivity contribution is 6.00. The molecule has 2 amide bonds. The number of halogens is 3. The number of aromatic nitrogens is 2. The Morgan fingerprint density at radius 1 is 1.13 bits per heavy atom. The predicted octanol–water partition coefficient (Wildman–Crippen LogP) is 5.23. The van der Waals surface area contributed by atoms with Gasteiger partial charge in [0.25, 0.3) is 5.56 Å². The van der Waals surface area contributed by atoms with Gasteiger partial charge in [-0.05, 0) is 56.7 Å². The minimum Gasteiger partial charge on any atom is -0.488 e. The normalized spacial score (nSPS) is 14.4. The molecular weight excluding hydrogens is 505 g/mol. The number of carbonyl (C=O) groups is 1. The van der Waals surface area contributed by atoms with Crippen molar-refractivity contribution < 1.29 is 32.2 Å². The number of pyridine rings is 2. The number of alkyl halides is 3. The van der Waals surface area contributed by atoms with Crippen LogP contribution in [0, 0.1) is 0 Å². The number of nitrogens with one attached hydrogen (secondary N) is 3. The van der Waals surface area contributed by atoms with E-state index in [1.54, 1.807) is 32.0 Å². The summed E-state index contributed by atoms with van der Waals surface area (Å²) in [6, 6.07) is 7.46. The summed E-state index contributed by atoms with van der Waals surface area (Å²) >= 11 is 0. The van der Waals surface area contributed by atoms with E-state index in [0.717, 1.165) is 6.07 Å². The Kier molecular flexibility index (Phi) is 7.63. The first-order valence-corrected chi connectivity index (χ1v) is 11.9. The average Bonchev–Trinajstić information content (AvgIpc) is 2.85. The highest BCUT2D eigenvalue weighted by Gasteiger charge is 2.40. The molecular formula is C26H27F3N4O5. The van der Waals surface area contributed by atoms with Gasteiger partial charge in [-0.15, -0.1) is 0 Å². The van der Waals surface area contributed by atoms with Gasteiger partial charge in [-0.3, -0.25) is 9.78 Å². The Morgan fingerprint density at radius 3 is 2.53 bits per heavy atom. The van der Waals surface area contributed by atoms with Crippen LogP contribution in [0.25, 0.3) is 11.3 Å². The molecule has 1 aliphatic rings. The minimum atomic E-state index is -4.69. The lowest BCUT2D eigenvalue weighted by atomic mass is 10.0. The molecule has 1 fully saturated rings. The number of carbonyl (C=O) groups excluding carboxylic acids is 1. The van der Waals surface area contributed by atoms with Gasteiger partial charge in [-0.1, -0.05) is 6.92 Å². The van der Waals surface area contributed by atoms with Gasteiger partial charge in [0.15, 0.2) is 11.4 Å². The van der Waals surface area contributed by atoms with Crippen molar-refractivity contribution in [3.05, 3.63) is 64.2 Å². The number of aryl methyl sites for hydroxylation is 1. The molecule has 0 bridgehead atoms. The number of nitrogens with zero attached hydrogens (tertiary/aromatic N) is 1. The van der Waals surface area contributed by atoms with Crippen molar-refractivity contribution in [1.29, 1.82) is 0 Å². The van der Waals surface area contributed by atoms with Crippen molar-refractivity contribution in [2.45, 2.75) is 39.0 Å². The summed E-state index contributed by atoms with van der Waals surface area (Å²) in [6.07, 6.45) is -2.72. The number of urea groups is 1. The molecule has 12 heteroatoms. The Morgan fingerprint density at radius 2 is 1.89 bits per heavy atom. The fourth-order valence-electron chi connectivity index (χ4n) is 3.84. The summed E-state index contributed by atoms with van der Waals surface area (Å²) in [5.74, 6) is -0.173. The number of rotatable bonds is 8. The number of ether oxygens (including phenoxy) is 3. The molecule has 0 unspecified atom stereocenters. The van der Waals surface area contributed by atoms with Crippen LogP contribution in [0.1, 0.15) is 32.0 Å². The van der Waals surface area contributed by atoms with E-state index in [4.69, 9.17) is 14.2 Å². The van der Waals surface area contributed by atoms with E-state index in [2.05, 4.69) is 20.6 Å². The molecule has 4 rings (SSSR count). The first-order valence-electron chi connectivity index (χ1n) is 11.9. The number of aromatic amines is 1. The smallest absolute Gasteiger partial charge is 0.420 e. The Bertz CT molecular complexity index is 1390. The molecule has 2 aromatic heterocycles. The van der Waals surface area contributed by atoms with Crippen LogP contribution in [-0.2, 0) is 17.3 Å². The van der Waals surface area contributed by atoms with Crippen LogP contribution >= 0.6 is 0 Å². The molecule has 0 saturated carbocycles. The van der Waals surface area contributed by atoms with Crippen LogP contribution in [0.3, 0.4) is 0 Å². The highest BCUT2D eigenvalue weighted by atomic mass is 19.4. The number of hydrogen-bond acceptors (Lipinski definition) is 6. The third kappa shape index (κ3) is 6.08. The lowest BCUT2D eigenvalue weighted by Crippen LogP contribution is -2.51. The standard InChI is InChI=1S/C26H27F3N4O5/c1-4-18-20(8-7-19(32-18)15-10-22(37-5-2)23(34)30-12-15)33-24(35)31-16-6-9-21(17(11-16)26(27,28)29)38-25(3)13-36-14-25/h6-12H,4-5,13-14H2,1-3H3,(H,30,34)(H2,31,33,35). The van der Waals surface area contributed by atoms with Gasteiger partial charge in [0, 0.05) is 17.4 Å². The van der Waals surface area contributed by atoms with E-state index in [1.165, 1.54) is 18.3 Å². The monoisotopic (exact) mass is 532 g/mol. The van der Waals surface area contributed by atoms with Gasteiger partial charge < -0.3 is 29.8 Å². The van der Waals surface area contributed by atoms with Gasteiger partial charge in [-0.2, -0.15) is 13.2 Å². The zero-order valence-electron chi connectivity index (χ0n) is 21.0. The van der Waals surface area contributed by atoms with Crippen molar-refractivity contribution in [2.75, 3.05) is 30.5 Å². The predicted molar refractivity (Wildman–Crippen MR) is 135 cm³/mol. The van der Waals surface area contributed by atoms with Crippen molar-refractivity contribution >= 4 is 17.4 Å². The zero-order chi connectivity index (χ0) is 27.5. The first kappa shape index (κ1) is 27.0. The lowest BCUT2D eigenvalue weighted by molar-refractivity contribution is -0.160. The number of benzene rings is 1. The second-order valence-electron chi connectivity index (χ2n) is 8.89. The maximum atomic E-state index is 13.7. The van der Waals surface area contributed by atoms with E-state index < -0.39 is 23.4 Å². The molecule has 202 valence electrons. The molecule has 0 spiro atoms. The second kappa shape index (κ2) is 10.7. The van der Waals surface area contributed by atoms with Gasteiger partial charge >= 0.3 is 12.2 Å². The Labute approximate surface area is 216 Å². The molecule has 1 aliphatic heterocycles. The van der Waals surface area contributed by atoms with Crippen molar-refractivity contribution in [1.82, 2.24) is 9.97 Å². The van der Waals surface area contributed by atoms with E-state index >= 15 is 0 Å². The summed E-state index contributed by atoms with van der Waals surface area (Å²) < 4.78 is 57.0. The van der Waals surface area contributed by atoms with Crippen molar-refractivity contribution in [3.63, 3.8) is 0 Å². The van der Waals surface area contributed by atoms with Crippen molar-refractivity contribution in [2.24, 2.45) is 0 Å². The average molecular weight is 533 g/mol. The molecule has 0 atom stereocenters. The van der Waals surface area contributed by atoms with Crippen LogP contribution in [0.5, 0.6) is 11.5 Å². The maximum Gasteiger partial charge on any atom is 0.420 e. The summed E-state index contributed by atoms with van der Waals surface area (Å²) in [5.41, 5.74) is -0.172. The van der Waals surface area contributed by atoms with Crippen LogP contribution in [0.15, 0.2) is 47.4 Å². The van der Waals surface area contributed by atoms with Gasteiger partial charge in [-0.25, -0.2) is 4.79 Å². The third-order valence-electron chi connectivity index (χ3n) is 5.74. The molecule has 3 heterocycles. The van der Waals surface area contributed by atoms with Crippen molar-refractivity contribution in [3.8, 4) is 22.8 Å². The zero-order valence-corrected chi connectivity index (χ0v) is 21.0. The van der Waals surface area contributed by atoms with E-state index in [-0.39, 0.29) is 36.0 Å². The summed E-state index contributed by atoms with van der Waals surface area (Å²) in [6.45, 7) is 5.98. The molecule has 1 saturated heterocycles. The topological polar surface area (TPSA) is 115 Å². The number of H-pyrrole nitrogens is 1. The Balaban J connectivity index is 1.51. The van der Waals surface area contributed by atoms with Crippen LogP contribution in [0.4, 0.5) is 29.3 Å². The molecule has 38 heavy (non-hydrogen) atoms. The molecule has 1 aromatic carbocycles. The SMILES string of the molecule is CCOc1cc(-c2ccc(NC(=O)Nc3ccc(OC4(C)COC4)c(C(F)(F)F)c3)c(CC)n2)c[nH]c1=O. The highest BCUT2D eigenvalue weighted by Crippen LogP contribution is 2.40. The summed E-state index contributed by atoms with van der Waals surface area (Å²) in [4.78, 5) is 31.7. The number of anilines is 2. The van der Waals surface area contributed by atoms with E-state index in [0.29, 0.717) is 35.7 Å². The van der Waals surface area contributed by atoms with Crippen LogP contribution in [0.2, 0.25) is 0 Å². The maximum absolute atomic E-state index is 13.7. The van der Waals surface area contributed by atoms with E-state index in [1.807, 2.05) is 6.92 Å².